The number of benzene rings is 1. The minimum atomic E-state index is 0.331. The van der Waals surface area contributed by atoms with Crippen LogP contribution in [-0.2, 0) is 0 Å². The first-order valence-corrected chi connectivity index (χ1v) is 5.58. The fourth-order valence-corrected chi connectivity index (χ4v) is 1.50. The molecule has 0 aliphatic rings. The maximum Gasteiger partial charge on any atom is 0.238 e. The van der Waals surface area contributed by atoms with Crippen LogP contribution in [0.2, 0.25) is 0 Å². The molecule has 0 amide bonds. The number of halogens is 1. The fourth-order valence-electron chi connectivity index (χ4n) is 1.21. The highest BCUT2D eigenvalue weighted by Gasteiger charge is 2.08. The Morgan fingerprint density at radius 3 is 2.76 bits per heavy atom. The summed E-state index contributed by atoms with van der Waals surface area (Å²) in [4.78, 5) is 7.82. The van der Waals surface area contributed by atoms with Crippen molar-refractivity contribution in [1.82, 2.24) is 9.97 Å². The van der Waals surface area contributed by atoms with Gasteiger partial charge in [-0.2, -0.15) is 0 Å². The van der Waals surface area contributed by atoms with Gasteiger partial charge in [-0.25, -0.2) is 9.97 Å². The lowest BCUT2D eigenvalue weighted by Gasteiger charge is -2.08. The van der Waals surface area contributed by atoms with Crippen LogP contribution in [0.25, 0.3) is 0 Å². The van der Waals surface area contributed by atoms with Gasteiger partial charge in [-0.15, -0.1) is 0 Å². The maximum absolute atomic E-state index is 5.63. The summed E-state index contributed by atoms with van der Waals surface area (Å²) in [6.07, 6.45) is 1.34. The van der Waals surface area contributed by atoms with E-state index >= 15 is 0 Å². The molecule has 0 radical (unpaired) electrons. The van der Waals surface area contributed by atoms with Crippen LogP contribution in [0.5, 0.6) is 17.4 Å². The van der Waals surface area contributed by atoms with E-state index in [9.17, 15) is 0 Å². The number of hydrogen-bond donors (Lipinski definition) is 1. The molecule has 2 N–H and O–H groups in total. The summed E-state index contributed by atoms with van der Waals surface area (Å²) in [5.41, 5.74) is 5.63. The molecular weight excluding hydrogens is 286 g/mol. The highest BCUT2D eigenvalue weighted by atomic mass is 79.9. The Bertz CT molecular complexity index is 534. The van der Waals surface area contributed by atoms with Gasteiger partial charge in [-0.1, -0.05) is 6.07 Å². The quantitative estimate of drug-likeness (QED) is 0.942. The monoisotopic (exact) mass is 295 g/mol. The van der Waals surface area contributed by atoms with Crippen molar-refractivity contribution in [3.8, 4) is 17.4 Å². The molecule has 1 aromatic carbocycles. The van der Waals surface area contributed by atoms with E-state index in [2.05, 4.69) is 25.9 Å². The third kappa shape index (κ3) is 2.65. The smallest absolute Gasteiger partial charge is 0.238 e. The molecule has 0 spiro atoms. The van der Waals surface area contributed by atoms with Crippen LogP contribution in [0, 0.1) is 0 Å². The van der Waals surface area contributed by atoms with Gasteiger partial charge in [0.25, 0.3) is 0 Å². The van der Waals surface area contributed by atoms with Crippen LogP contribution in [0.1, 0.15) is 0 Å². The van der Waals surface area contributed by atoms with Gasteiger partial charge in [0.15, 0.2) is 0 Å². The van der Waals surface area contributed by atoms with Crippen molar-refractivity contribution in [3.05, 3.63) is 35.1 Å². The zero-order valence-electron chi connectivity index (χ0n) is 9.05. The number of nitrogens with two attached hydrogens (primary N) is 1. The Hall–Kier alpha value is -1.82. The van der Waals surface area contributed by atoms with Crippen LogP contribution in [-0.4, -0.2) is 17.1 Å². The molecule has 1 heterocycles. The summed E-state index contributed by atoms with van der Waals surface area (Å²) in [5.74, 6) is 2.02. The maximum atomic E-state index is 5.63. The Labute approximate surface area is 107 Å². The first-order valence-electron chi connectivity index (χ1n) is 4.78. The first-order chi connectivity index (χ1) is 8.20. The van der Waals surface area contributed by atoms with E-state index in [4.69, 9.17) is 15.2 Å². The number of nitrogens with zero attached hydrogens (tertiary/aromatic N) is 2. The van der Waals surface area contributed by atoms with Gasteiger partial charge in [-0.05, 0) is 28.1 Å². The van der Waals surface area contributed by atoms with E-state index < -0.39 is 0 Å². The molecule has 0 unspecified atom stereocenters. The van der Waals surface area contributed by atoms with Crippen LogP contribution in [0.15, 0.2) is 35.1 Å². The second-order valence-electron chi connectivity index (χ2n) is 3.16. The number of ether oxygens (including phenoxy) is 2. The molecule has 17 heavy (non-hydrogen) atoms. The third-order valence-corrected chi connectivity index (χ3v) is 2.79. The Morgan fingerprint density at radius 1 is 1.24 bits per heavy atom. The second kappa shape index (κ2) is 5.01. The van der Waals surface area contributed by atoms with Crippen molar-refractivity contribution in [2.75, 3.05) is 12.8 Å². The van der Waals surface area contributed by atoms with Gasteiger partial charge in [0, 0.05) is 6.07 Å². The van der Waals surface area contributed by atoms with Crippen LogP contribution < -0.4 is 15.2 Å². The highest BCUT2D eigenvalue weighted by molar-refractivity contribution is 9.10. The predicted octanol–water partition coefficient (Wildman–Crippen LogP) is 2.62. The number of rotatable bonds is 3. The zero-order chi connectivity index (χ0) is 12.3. The number of aromatic nitrogens is 2. The van der Waals surface area contributed by atoms with Crippen LogP contribution >= 0.6 is 15.9 Å². The lowest BCUT2D eigenvalue weighted by atomic mass is 10.3. The lowest BCUT2D eigenvalue weighted by molar-refractivity contribution is 0.407. The van der Waals surface area contributed by atoms with E-state index in [0.717, 1.165) is 0 Å². The van der Waals surface area contributed by atoms with Crippen molar-refractivity contribution >= 4 is 21.7 Å². The molecule has 1 aromatic heterocycles. The van der Waals surface area contributed by atoms with Crippen molar-refractivity contribution in [2.45, 2.75) is 0 Å². The summed E-state index contributed by atoms with van der Waals surface area (Å²) >= 11 is 3.27. The molecule has 5 nitrogen and oxygen atoms in total. The minimum absolute atomic E-state index is 0.331. The predicted molar refractivity (Wildman–Crippen MR) is 67.2 cm³/mol. The second-order valence-corrected chi connectivity index (χ2v) is 3.95. The molecule has 0 saturated carbocycles. The number of methoxy groups -OCH3 is 1. The van der Waals surface area contributed by atoms with E-state index in [1.165, 1.54) is 6.33 Å². The van der Waals surface area contributed by atoms with Crippen molar-refractivity contribution in [2.24, 2.45) is 0 Å². The van der Waals surface area contributed by atoms with Crippen LogP contribution in [0.3, 0.4) is 0 Å². The molecule has 88 valence electrons. The molecule has 0 bridgehead atoms. The fraction of sp³-hybridized carbons (Fsp3) is 0.0909. The van der Waals surface area contributed by atoms with Gasteiger partial charge in [0.1, 0.15) is 28.1 Å². The van der Waals surface area contributed by atoms with Gasteiger partial charge in [0.05, 0.1) is 7.11 Å². The molecule has 0 aliphatic carbocycles. The average molecular weight is 296 g/mol. The summed E-state index contributed by atoms with van der Waals surface area (Å²) in [5, 5.41) is 0. The van der Waals surface area contributed by atoms with Gasteiger partial charge in [0.2, 0.25) is 5.88 Å². The normalized spacial score (nSPS) is 10.0. The topological polar surface area (TPSA) is 70.3 Å². The molecule has 0 fully saturated rings. The standard InChI is InChI=1S/C11H10BrN3O2/c1-16-7-3-2-4-8(5-7)17-11-9(12)10(13)14-6-15-11/h2-6H,1H3,(H2,13,14,15). The molecule has 0 aliphatic heterocycles. The van der Waals surface area contributed by atoms with E-state index in [0.29, 0.717) is 27.7 Å². The molecule has 6 heteroatoms. The van der Waals surface area contributed by atoms with Crippen LogP contribution in [0.4, 0.5) is 5.82 Å². The van der Waals surface area contributed by atoms with Gasteiger partial charge in [-0.3, -0.25) is 0 Å². The molecule has 0 saturated heterocycles. The molecule has 2 aromatic rings. The number of anilines is 1. The highest BCUT2D eigenvalue weighted by Crippen LogP contribution is 2.31. The van der Waals surface area contributed by atoms with Gasteiger partial charge < -0.3 is 15.2 Å². The Morgan fingerprint density at radius 2 is 2.00 bits per heavy atom. The molecule has 0 atom stereocenters. The SMILES string of the molecule is COc1cccc(Oc2ncnc(N)c2Br)c1. The molecule has 2 rings (SSSR count). The first kappa shape index (κ1) is 11.7. The largest absolute Gasteiger partial charge is 0.497 e. The molecular formula is C11H10BrN3O2. The van der Waals surface area contributed by atoms with E-state index in [-0.39, 0.29) is 0 Å². The Kier molecular flexibility index (Phi) is 3.43. The summed E-state index contributed by atoms with van der Waals surface area (Å²) in [6, 6.07) is 7.21. The van der Waals surface area contributed by atoms with Crippen molar-refractivity contribution in [3.63, 3.8) is 0 Å². The number of hydrogen-bond acceptors (Lipinski definition) is 5. The van der Waals surface area contributed by atoms with E-state index in [1.807, 2.05) is 12.1 Å². The van der Waals surface area contributed by atoms with Crippen molar-refractivity contribution < 1.29 is 9.47 Å². The summed E-state index contributed by atoms with van der Waals surface area (Å²) < 4.78 is 11.2. The zero-order valence-corrected chi connectivity index (χ0v) is 10.6. The number of nitrogen functional groups attached to an aromatic ring is 1. The average Bonchev–Trinajstić information content (AvgIpc) is 2.35. The lowest BCUT2D eigenvalue weighted by Crippen LogP contribution is -1.96. The summed E-state index contributed by atoms with van der Waals surface area (Å²) in [6.45, 7) is 0. The minimum Gasteiger partial charge on any atom is -0.497 e. The summed E-state index contributed by atoms with van der Waals surface area (Å²) in [7, 11) is 1.59. The Balaban J connectivity index is 2.28. The van der Waals surface area contributed by atoms with Gasteiger partial charge >= 0.3 is 0 Å². The third-order valence-electron chi connectivity index (χ3n) is 2.04. The van der Waals surface area contributed by atoms with Crippen molar-refractivity contribution in [1.29, 1.82) is 0 Å². The van der Waals surface area contributed by atoms with E-state index in [1.54, 1.807) is 19.2 Å².